The predicted molar refractivity (Wildman–Crippen MR) is 172 cm³/mol. The Balaban J connectivity index is 1.40. The summed E-state index contributed by atoms with van der Waals surface area (Å²) in [5.74, 6) is -0.829. The van der Waals surface area contributed by atoms with Gasteiger partial charge in [0.15, 0.2) is 0 Å². The second-order valence-electron chi connectivity index (χ2n) is 14.6. The Morgan fingerprint density at radius 2 is 1.50 bits per heavy atom. The van der Waals surface area contributed by atoms with Crippen LogP contribution in [0.15, 0.2) is 42.5 Å². The molecule has 10 heteroatoms. The van der Waals surface area contributed by atoms with E-state index in [0.717, 1.165) is 41.5 Å². The molecule has 0 saturated carbocycles. The van der Waals surface area contributed by atoms with Gasteiger partial charge in [-0.25, -0.2) is 14.4 Å². The smallest absolute Gasteiger partial charge is 0.411 e. The average molecular weight is 634 g/mol. The molecule has 2 aromatic rings. The van der Waals surface area contributed by atoms with Crippen molar-refractivity contribution >= 4 is 24.1 Å². The molecule has 2 aliphatic heterocycles. The van der Waals surface area contributed by atoms with Crippen molar-refractivity contribution in [2.45, 2.75) is 115 Å². The molecule has 2 aromatic carbocycles. The molecule has 248 valence electrons. The number of nitrogens with one attached hydrogen (secondary N) is 1. The Kier molecular flexibility index (Phi) is 9.38. The minimum absolute atomic E-state index is 0.109. The highest BCUT2D eigenvalue weighted by Gasteiger charge is 2.44. The minimum atomic E-state index is -0.801. The van der Waals surface area contributed by atoms with Gasteiger partial charge >= 0.3 is 18.2 Å². The molecule has 0 radical (unpaired) electrons. The van der Waals surface area contributed by atoms with Crippen LogP contribution in [0.2, 0.25) is 0 Å². The van der Waals surface area contributed by atoms with Crippen molar-refractivity contribution in [1.82, 2.24) is 15.1 Å². The lowest BCUT2D eigenvalue weighted by molar-refractivity contribution is -0.147. The number of ether oxygens (including phenoxy) is 3. The summed E-state index contributed by atoms with van der Waals surface area (Å²) in [6.07, 6.45) is 2.44. The summed E-state index contributed by atoms with van der Waals surface area (Å²) in [6, 6.07) is 12.6. The molecule has 4 atom stereocenters. The number of methoxy groups -OCH3 is 1. The van der Waals surface area contributed by atoms with Gasteiger partial charge in [0.1, 0.15) is 23.3 Å². The summed E-state index contributed by atoms with van der Waals surface area (Å²) in [6.45, 7) is 11.3. The number of hydrogen-bond acceptors (Lipinski definition) is 7. The lowest BCUT2D eigenvalue weighted by atomic mass is 9.87. The highest BCUT2D eigenvalue weighted by atomic mass is 16.6. The van der Waals surface area contributed by atoms with Gasteiger partial charge in [0, 0.05) is 18.9 Å². The largest absolute Gasteiger partial charge is 0.467 e. The van der Waals surface area contributed by atoms with Crippen LogP contribution in [-0.2, 0) is 43.2 Å². The topological polar surface area (TPSA) is 114 Å². The van der Waals surface area contributed by atoms with Gasteiger partial charge in [-0.15, -0.1) is 0 Å². The van der Waals surface area contributed by atoms with Crippen molar-refractivity contribution in [2.75, 3.05) is 13.7 Å². The number of amides is 3. The fourth-order valence-electron chi connectivity index (χ4n) is 6.74. The van der Waals surface area contributed by atoms with Gasteiger partial charge < -0.3 is 19.5 Å². The summed E-state index contributed by atoms with van der Waals surface area (Å²) in [7, 11) is 1.31. The van der Waals surface area contributed by atoms with E-state index in [-0.39, 0.29) is 24.4 Å². The van der Waals surface area contributed by atoms with Crippen molar-refractivity contribution in [2.24, 2.45) is 0 Å². The summed E-state index contributed by atoms with van der Waals surface area (Å²) >= 11 is 0. The van der Waals surface area contributed by atoms with E-state index in [4.69, 9.17) is 14.2 Å². The highest BCUT2D eigenvalue weighted by molar-refractivity contribution is 5.87. The van der Waals surface area contributed by atoms with Gasteiger partial charge in [0.2, 0.25) is 5.91 Å². The Morgan fingerprint density at radius 1 is 0.826 bits per heavy atom. The van der Waals surface area contributed by atoms with Crippen molar-refractivity contribution < 1.29 is 33.4 Å². The maximum absolute atomic E-state index is 13.9. The molecular formula is C36H47N3O7. The summed E-state index contributed by atoms with van der Waals surface area (Å²) in [5, 5.41) is 3.25. The Bertz CT molecular complexity index is 1490. The number of hydrogen-bond donors (Lipinski definition) is 1. The van der Waals surface area contributed by atoms with Crippen molar-refractivity contribution in [3.05, 3.63) is 70.3 Å². The molecule has 46 heavy (non-hydrogen) atoms. The number of benzene rings is 2. The van der Waals surface area contributed by atoms with Crippen LogP contribution in [-0.4, -0.2) is 70.8 Å². The van der Waals surface area contributed by atoms with Crippen molar-refractivity contribution in [3.63, 3.8) is 0 Å². The molecule has 1 aliphatic carbocycles. The van der Waals surface area contributed by atoms with E-state index < -0.39 is 41.4 Å². The number of fused-ring (bicyclic) bond motifs is 2. The molecule has 1 saturated heterocycles. The van der Waals surface area contributed by atoms with Crippen LogP contribution in [0.4, 0.5) is 9.59 Å². The van der Waals surface area contributed by atoms with Gasteiger partial charge in [-0.05, 0) is 95.0 Å². The van der Waals surface area contributed by atoms with E-state index in [0.29, 0.717) is 19.4 Å². The maximum Gasteiger partial charge on any atom is 0.411 e. The third kappa shape index (κ3) is 7.48. The van der Waals surface area contributed by atoms with E-state index in [1.165, 1.54) is 17.6 Å². The number of nitrogens with zero attached hydrogens (tertiary/aromatic N) is 2. The van der Waals surface area contributed by atoms with Crippen LogP contribution in [0.25, 0.3) is 0 Å². The van der Waals surface area contributed by atoms with Gasteiger partial charge in [-0.2, -0.15) is 0 Å². The van der Waals surface area contributed by atoms with Crippen LogP contribution in [0.5, 0.6) is 0 Å². The zero-order valence-corrected chi connectivity index (χ0v) is 28.1. The lowest BCUT2D eigenvalue weighted by Gasteiger charge is -2.36. The van der Waals surface area contributed by atoms with Crippen LogP contribution in [0.3, 0.4) is 0 Å². The molecule has 3 amide bonds. The van der Waals surface area contributed by atoms with Crippen molar-refractivity contribution in [3.8, 4) is 0 Å². The number of carbonyl (C=O) groups excluding carboxylic acids is 4. The van der Waals surface area contributed by atoms with Gasteiger partial charge in [-0.3, -0.25) is 14.6 Å². The van der Waals surface area contributed by atoms with E-state index >= 15 is 0 Å². The highest BCUT2D eigenvalue weighted by Crippen LogP contribution is 2.37. The first-order valence-electron chi connectivity index (χ1n) is 16.2. The first-order valence-corrected chi connectivity index (χ1v) is 16.2. The molecule has 2 heterocycles. The Morgan fingerprint density at radius 3 is 2.17 bits per heavy atom. The molecule has 10 nitrogen and oxygen atoms in total. The maximum atomic E-state index is 13.9. The van der Waals surface area contributed by atoms with Crippen LogP contribution in [0.1, 0.15) is 101 Å². The van der Waals surface area contributed by atoms with Gasteiger partial charge in [0.05, 0.1) is 19.7 Å². The fourth-order valence-corrected chi connectivity index (χ4v) is 6.74. The summed E-state index contributed by atoms with van der Waals surface area (Å²) < 4.78 is 16.4. The number of aryl methyl sites for hydroxylation is 1. The summed E-state index contributed by atoms with van der Waals surface area (Å²) in [4.78, 5) is 56.2. The normalized spacial score (nSPS) is 22.8. The average Bonchev–Trinajstić information content (AvgIpc) is 3.44. The lowest BCUT2D eigenvalue weighted by Crippen LogP contribution is -2.50. The second-order valence-corrected chi connectivity index (χ2v) is 14.6. The monoisotopic (exact) mass is 633 g/mol. The van der Waals surface area contributed by atoms with Crippen LogP contribution >= 0.6 is 0 Å². The fraction of sp³-hybridized carbons (Fsp3) is 0.556. The number of rotatable bonds is 4. The quantitative estimate of drug-likeness (QED) is 0.334. The standard InChI is InChI=1S/C36H47N3O7/c1-35(2,3)45-33(42)38-21-26(19-29(38)31(40)37-28-14-10-12-22-11-8-9-13-27(22)28)23-15-16-24-18-30(32(41)44-7)39(20-25(24)17-23)34(43)46-36(4,5)6/h8-9,11,13,15-17,26,28-30H,10,12,14,18-21H2,1-7H3,(H,37,40)/t26?,28?,29-,30?/m0/s1. The predicted octanol–water partition coefficient (Wildman–Crippen LogP) is 5.81. The SMILES string of the molecule is COC(=O)C1Cc2ccc(C3C[C@@H](C(=O)NC4CCCc5ccccc54)N(C(=O)OC(C)(C)C)C3)cc2CN1C(=O)OC(C)(C)C. The zero-order valence-electron chi connectivity index (χ0n) is 28.1. The van der Waals surface area contributed by atoms with Crippen molar-refractivity contribution in [1.29, 1.82) is 0 Å². The number of likely N-dealkylation sites (tertiary alicyclic amines) is 1. The molecule has 1 N–H and O–H groups in total. The van der Waals surface area contributed by atoms with E-state index in [1.807, 2.05) is 51.1 Å². The van der Waals surface area contributed by atoms with E-state index in [1.54, 1.807) is 25.7 Å². The first-order chi connectivity index (χ1) is 21.6. The third-order valence-corrected chi connectivity index (χ3v) is 8.85. The molecule has 0 bridgehead atoms. The Hall–Kier alpha value is -4.08. The molecule has 1 fully saturated rings. The molecule has 5 rings (SSSR count). The van der Waals surface area contributed by atoms with E-state index in [2.05, 4.69) is 17.4 Å². The first kappa shape index (κ1) is 33.3. The molecule has 0 spiro atoms. The molecule has 3 aliphatic rings. The number of carbonyl (C=O) groups is 4. The summed E-state index contributed by atoms with van der Waals surface area (Å²) in [5.41, 5.74) is 3.71. The Labute approximate surface area is 271 Å². The zero-order chi connectivity index (χ0) is 33.4. The van der Waals surface area contributed by atoms with Crippen LogP contribution in [0, 0.1) is 0 Å². The molecule has 3 unspecified atom stereocenters. The second kappa shape index (κ2) is 13.0. The van der Waals surface area contributed by atoms with E-state index in [9.17, 15) is 19.2 Å². The third-order valence-electron chi connectivity index (χ3n) is 8.85. The van der Waals surface area contributed by atoms with Gasteiger partial charge in [0.25, 0.3) is 0 Å². The molecule has 0 aromatic heterocycles. The van der Waals surface area contributed by atoms with Crippen LogP contribution < -0.4 is 5.32 Å². The minimum Gasteiger partial charge on any atom is -0.467 e. The van der Waals surface area contributed by atoms with Gasteiger partial charge in [-0.1, -0.05) is 42.5 Å². The molecular weight excluding hydrogens is 586 g/mol. The number of esters is 1.